The van der Waals surface area contributed by atoms with Gasteiger partial charge in [0, 0.05) is 6.20 Å². The first-order valence-electron chi connectivity index (χ1n) is 7.06. The summed E-state index contributed by atoms with van der Waals surface area (Å²) in [6, 6.07) is 9.93. The Hall–Kier alpha value is -1.13. The SMILES string of the molecule is NNC(c1cccc(C2CCC2)c1)c1ncc(Cl)cc1Cl. The van der Waals surface area contributed by atoms with E-state index in [4.69, 9.17) is 29.0 Å². The normalized spacial score (nSPS) is 16.5. The maximum Gasteiger partial charge on any atom is 0.0896 e. The number of halogens is 2. The van der Waals surface area contributed by atoms with Crippen molar-refractivity contribution in [2.24, 2.45) is 5.84 Å². The number of aromatic nitrogens is 1. The van der Waals surface area contributed by atoms with Crippen molar-refractivity contribution < 1.29 is 0 Å². The van der Waals surface area contributed by atoms with Crippen LogP contribution in [0, 0.1) is 0 Å². The number of benzene rings is 1. The lowest BCUT2D eigenvalue weighted by Gasteiger charge is -2.27. The molecular formula is C16H17Cl2N3. The minimum atomic E-state index is -0.241. The second kappa shape index (κ2) is 6.32. The molecule has 1 aromatic carbocycles. The van der Waals surface area contributed by atoms with Crippen LogP contribution in [0.5, 0.6) is 0 Å². The fourth-order valence-corrected chi connectivity index (χ4v) is 3.19. The maximum absolute atomic E-state index is 6.25. The van der Waals surface area contributed by atoms with Gasteiger partial charge in [0.2, 0.25) is 0 Å². The van der Waals surface area contributed by atoms with Gasteiger partial charge >= 0.3 is 0 Å². The molecule has 1 saturated carbocycles. The molecule has 0 spiro atoms. The molecule has 0 bridgehead atoms. The van der Waals surface area contributed by atoms with Crippen molar-refractivity contribution >= 4 is 23.2 Å². The molecular weight excluding hydrogens is 305 g/mol. The summed E-state index contributed by atoms with van der Waals surface area (Å²) in [5, 5.41) is 1.03. The van der Waals surface area contributed by atoms with Crippen LogP contribution in [0.1, 0.15) is 48.0 Å². The number of nitrogens with two attached hydrogens (primary N) is 1. The first-order valence-corrected chi connectivity index (χ1v) is 7.81. The summed E-state index contributed by atoms with van der Waals surface area (Å²) in [6.07, 6.45) is 5.44. The van der Waals surface area contributed by atoms with Crippen LogP contribution in [-0.2, 0) is 0 Å². The summed E-state index contributed by atoms with van der Waals surface area (Å²) < 4.78 is 0. The first kappa shape index (κ1) is 14.8. The van der Waals surface area contributed by atoms with Gasteiger partial charge in [0.05, 0.1) is 21.8 Å². The van der Waals surface area contributed by atoms with Gasteiger partial charge in [-0.2, -0.15) is 0 Å². The van der Waals surface area contributed by atoms with Crippen LogP contribution in [-0.4, -0.2) is 4.98 Å². The van der Waals surface area contributed by atoms with Crippen molar-refractivity contribution in [1.29, 1.82) is 0 Å². The Morgan fingerprint density at radius 2 is 2.05 bits per heavy atom. The van der Waals surface area contributed by atoms with E-state index in [-0.39, 0.29) is 6.04 Å². The van der Waals surface area contributed by atoms with Gasteiger partial charge in [-0.3, -0.25) is 10.8 Å². The van der Waals surface area contributed by atoms with Crippen LogP contribution in [0.3, 0.4) is 0 Å². The molecule has 2 aromatic rings. The molecule has 3 N–H and O–H groups in total. The lowest BCUT2D eigenvalue weighted by atomic mass is 9.79. The molecule has 21 heavy (non-hydrogen) atoms. The van der Waals surface area contributed by atoms with E-state index < -0.39 is 0 Å². The molecule has 3 nitrogen and oxygen atoms in total. The Kier molecular flexibility index (Phi) is 4.45. The number of hydrogen-bond acceptors (Lipinski definition) is 3. The van der Waals surface area contributed by atoms with Crippen molar-refractivity contribution in [2.45, 2.75) is 31.2 Å². The van der Waals surface area contributed by atoms with Gasteiger partial charge in [-0.25, -0.2) is 5.43 Å². The van der Waals surface area contributed by atoms with E-state index >= 15 is 0 Å². The highest BCUT2D eigenvalue weighted by Crippen LogP contribution is 2.37. The number of hydrazine groups is 1. The van der Waals surface area contributed by atoms with Crippen LogP contribution in [0.25, 0.3) is 0 Å². The third-order valence-corrected chi connectivity index (χ3v) is 4.61. The summed E-state index contributed by atoms with van der Waals surface area (Å²) in [7, 11) is 0. The summed E-state index contributed by atoms with van der Waals surface area (Å²) in [4.78, 5) is 4.33. The zero-order valence-electron chi connectivity index (χ0n) is 11.5. The molecule has 110 valence electrons. The highest BCUT2D eigenvalue weighted by atomic mass is 35.5. The fourth-order valence-electron chi connectivity index (χ4n) is 2.70. The largest absolute Gasteiger partial charge is 0.271 e. The molecule has 0 amide bonds. The van der Waals surface area contributed by atoms with Gasteiger partial charge in [0.25, 0.3) is 0 Å². The third-order valence-electron chi connectivity index (χ3n) is 4.10. The maximum atomic E-state index is 6.25. The van der Waals surface area contributed by atoms with E-state index in [0.717, 1.165) is 5.56 Å². The fraction of sp³-hybridized carbons (Fsp3) is 0.312. The number of nitrogens with zero attached hydrogens (tertiary/aromatic N) is 1. The Morgan fingerprint density at radius 1 is 1.24 bits per heavy atom. The highest BCUT2D eigenvalue weighted by molar-refractivity contribution is 6.34. The second-order valence-corrected chi connectivity index (χ2v) is 6.26. The molecule has 5 heteroatoms. The number of hydrogen-bond donors (Lipinski definition) is 2. The monoisotopic (exact) mass is 321 g/mol. The van der Waals surface area contributed by atoms with Crippen molar-refractivity contribution in [3.05, 3.63) is 63.4 Å². The minimum absolute atomic E-state index is 0.241. The predicted molar refractivity (Wildman–Crippen MR) is 86.5 cm³/mol. The molecule has 1 aliphatic rings. The molecule has 0 saturated heterocycles. The van der Waals surface area contributed by atoms with Gasteiger partial charge in [-0.05, 0) is 36.0 Å². The van der Waals surface area contributed by atoms with Crippen molar-refractivity contribution in [3.63, 3.8) is 0 Å². The van der Waals surface area contributed by atoms with Crippen LogP contribution in [0.15, 0.2) is 36.5 Å². The van der Waals surface area contributed by atoms with E-state index in [9.17, 15) is 0 Å². The van der Waals surface area contributed by atoms with Crippen LogP contribution in [0.2, 0.25) is 10.0 Å². The van der Waals surface area contributed by atoms with Crippen LogP contribution >= 0.6 is 23.2 Å². The lowest BCUT2D eigenvalue weighted by molar-refractivity contribution is 0.419. The van der Waals surface area contributed by atoms with Crippen LogP contribution < -0.4 is 11.3 Å². The van der Waals surface area contributed by atoms with Gasteiger partial charge < -0.3 is 0 Å². The Bertz CT molecular complexity index is 641. The zero-order chi connectivity index (χ0) is 14.8. The highest BCUT2D eigenvalue weighted by Gasteiger charge is 2.22. The second-order valence-electron chi connectivity index (χ2n) is 5.42. The summed E-state index contributed by atoms with van der Waals surface area (Å²) >= 11 is 12.2. The molecule has 1 fully saturated rings. The van der Waals surface area contributed by atoms with E-state index in [1.54, 1.807) is 12.3 Å². The molecule has 1 heterocycles. The minimum Gasteiger partial charge on any atom is -0.271 e. The Balaban J connectivity index is 1.95. The van der Waals surface area contributed by atoms with Crippen molar-refractivity contribution in [2.75, 3.05) is 0 Å². The van der Waals surface area contributed by atoms with E-state index in [0.29, 0.717) is 21.7 Å². The third kappa shape index (κ3) is 3.06. The average molecular weight is 322 g/mol. The number of pyridine rings is 1. The molecule has 0 aliphatic heterocycles. The standard InChI is InChI=1S/C16H17Cl2N3/c17-13-8-14(18)16(20-9-13)15(21-19)12-6-2-5-11(7-12)10-3-1-4-10/h2,5-10,15,21H,1,3-4,19H2. The smallest absolute Gasteiger partial charge is 0.0896 e. The molecule has 1 aliphatic carbocycles. The molecule has 0 radical (unpaired) electrons. The van der Waals surface area contributed by atoms with Crippen molar-refractivity contribution in [3.8, 4) is 0 Å². The number of rotatable bonds is 4. The summed E-state index contributed by atoms with van der Waals surface area (Å²) in [5.74, 6) is 6.41. The zero-order valence-corrected chi connectivity index (χ0v) is 13.0. The first-order chi connectivity index (χ1) is 10.2. The molecule has 1 unspecified atom stereocenters. The van der Waals surface area contributed by atoms with E-state index in [1.807, 2.05) is 6.07 Å². The Morgan fingerprint density at radius 3 is 2.67 bits per heavy atom. The van der Waals surface area contributed by atoms with Crippen molar-refractivity contribution in [1.82, 2.24) is 10.4 Å². The van der Waals surface area contributed by atoms with E-state index in [2.05, 4.69) is 28.6 Å². The van der Waals surface area contributed by atoms with Gasteiger partial charge in [0.15, 0.2) is 0 Å². The lowest BCUT2D eigenvalue weighted by Crippen LogP contribution is -2.30. The number of nitrogens with one attached hydrogen (secondary N) is 1. The molecule has 3 rings (SSSR count). The summed E-state index contributed by atoms with van der Waals surface area (Å²) in [6.45, 7) is 0. The Labute approximate surface area is 134 Å². The van der Waals surface area contributed by atoms with E-state index in [1.165, 1.54) is 24.8 Å². The molecule has 1 aromatic heterocycles. The quantitative estimate of drug-likeness (QED) is 0.655. The summed E-state index contributed by atoms with van der Waals surface area (Å²) in [5.41, 5.74) is 5.93. The molecule has 1 atom stereocenters. The van der Waals surface area contributed by atoms with Gasteiger partial charge in [-0.1, -0.05) is 53.9 Å². The van der Waals surface area contributed by atoms with Gasteiger partial charge in [0.1, 0.15) is 0 Å². The predicted octanol–water partition coefficient (Wildman–Crippen LogP) is 4.21. The van der Waals surface area contributed by atoms with Crippen LogP contribution in [0.4, 0.5) is 0 Å². The topological polar surface area (TPSA) is 50.9 Å². The average Bonchev–Trinajstić information content (AvgIpc) is 2.40. The van der Waals surface area contributed by atoms with Gasteiger partial charge in [-0.15, -0.1) is 0 Å².